The lowest BCUT2D eigenvalue weighted by Gasteiger charge is -2.08. The number of imidazole rings is 1. The second-order valence-electron chi connectivity index (χ2n) is 4.19. The van der Waals surface area contributed by atoms with Gasteiger partial charge >= 0.3 is 0 Å². The Morgan fingerprint density at radius 2 is 2.05 bits per heavy atom. The van der Waals surface area contributed by atoms with Gasteiger partial charge in [0.15, 0.2) is 5.82 Å². The van der Waals surface area contributed by atoms with Crippen LogP contribution in [0.3, 0.4) is 0 Å². The van der Waals surface area contributed by atoms with Gasteiger partial charge < -0.3 is 25.1 Å². The molecule has 8 nitrogen and oxygen atoms in total. The van der Waals surface area contributed by atoms with E-state index in [9.17, 15) is 14.4 Å². The van der Waals surface area contributed by atoms with Crippen molar-refractivity contribution in [2.45, 2.75) is 13.3 Å². The van der Waals surface area contributed by atoms with Gasteiger partial charge in [-0.2, -0.15) is 0 Å². The van der Waals surface area contributed by atoms with Crippen LogP contribution in [0.25, 0.3) is 0 Å². The van der Waals surface area contributed by atoms with Crippen molar-refractivity contribution >= 4 is 24.4 Å². The fourth-order valence-electron chi connectivity index (χ4n) is 1.41. The molecule has 0 saturated carbocycles. The SMILES string of the molecule is CC(C=O)Cc1nc(NC=O)c(C(=O)N(C)C)[nH]1.CO. The van der Waals surface area contributed by atoms with E-state index < -0.39 is 0 Å². The summed E-state index contributed by atoms with van der Waals surface area (Å²) in [5.41, 5.74) is 0.209. The van der Waals surface area contributed by atoms with Gasteiger partial charge in [-0.3, -0.25) is 9.59 Å². The summed E-state index contributed by atoms with van der Waals surface area (Å²) in [5, 5.41) is 9.36. The average molecular weight is 284 g/mol. The minimum Gasteiger partial charge on any atom is -0.400 e. The van der Waals surface area contributed by atoms with Crippen molar-refractivity contribution in [2.75, 3.05) is 26.5 Å². The first kappa shape index (κ1) is 17.8. The highest BCUT2D eigenvalue weighted by Crippen LogP contribution is 2.15. The zero-order valence-electron chi connectivity index (χ0n) is 12.0. The summed E-state index contributed by atoms with van der Waals surface area (Å²) in [4.78, 5) is 41.2. The monoisotopic (exact) mass is 284 g/mol. The Morgan fingerprint density at radius 3 is 2.50 bits per heavy atom. The Bertz CT molecular complexity index is 456. The zero-order chi connectivity index (χ0) is 15.7. The van der Waals surface area contributed by atoms with Crippen molar-refractivity contribution < 1.29 is 19.5 Å². The number of aliphatic hydroxyl groups is 1. The number of rotatable bonds is 6. The Balaban J connectivity index is 0.00000172. The molecule has 1 aromatic rings. The molecule has 1 aromatic heterocycles. The molecule has 1 atom stereocenters. The van der Waals surface area contributed by atoms with Gasteiger partial charge in [-0.05, 0) is 0 Å². The van der Waals surface area contributed by atoms with Crippen molar-refractivity contribution in [1.82, 2.24) is 14.9 Å². The fourth-order valence-corrected chi connectivity index (χ4v) is 1.41. The molecule has 8 heteroatoms. The fraction of sp³-hybridized carbons (Fsp3) is 0.500. The molecule has 0 aliphatic carbocycles. The zero-order valence-corrected chi connectivity index (χ0v) is 12.0. The van der Waals surface area contributed by atoms with E-state index in [1.807, 2.05) is 0 Å². The maximum Gasteiger partial charge on any atom is 0.273 e. The second kappa shape index (κ2) is 8.81. The summed E-state index contributed by atoms with van der Waals surface area (Å²) in [5.74, 6) is 0.167. The molecule has 2 amide bonds. The number of anilines is 1. The molecule has 1 rings (SSSR count). The summed E-state index contributed by atoms with van der Waals surface area (Å²) in [6.07, 6.45) is 1.65. The summed E-state index contributed by atoms with van der Waals surface area (Å²) < 4.78 is 0. The Hall–Kier alpha value is -2.22. The van der Waals surface area contributed by atoms with Gasteiger partial charge in [0.25, 0.3) is 5.91 Å². The third-order valence-electron chi connectivity index (χ3n) is 2.32. The number of hydrogen-bond donors (Lipinski definition) is 3. The first-order valence-electron chi connectivity index (χ1n) is 5.90. The molecule has 0 aromatic carbocycles. The molecule has 0 saturated heterocycles. The van der Waals surface area contributed by atoms with Crippen LogP contribution in [0.2, 0.25) is 0 Å². The van der Waals surface area contributed by atoms with Crippen LogP contribution in [-0.2, 0) is 16.0 Å². The summed E-state index contributed by atoms with van der Waals surface area (Å²) >= 11 is 0. The van der Waals surface area contributed by atoms with E-state index in [1.165, 1.54) is 4.90 Å². The molecule has 3 N–H and O–H groups in total. The third kappa shape index (κ3) is 4.81. The topological polar surface area (TPSA) is 115 Å². The van der Waals surface area contributed by atoms with E-state index in [-0.39, 0.29) is 23.3 Å². The van der Waals surface area contributed by atoms with Crippen LogP contribution in [0.15, 0.2) is 0 Å². The van der Waals surface area contributed by atoms with Gasteiger partial charge in [0.2, 0.25) is 6.41 Å². The van der Waals surface area contributed by atoms with Crippen LogP contribution < -0.4 is 5.32 Å². The van der Waals surface area contributed by atoms with Crippen molar-refractivity contribution in [3.63, 3.8) is 0 Å². The molecule has 20 heavy (non-hydrogen) atoms. The van der Waals surface area contributed by atoms with E-state index in [0.29, 0.717) is 18.7 Å². The van der Waals surface area contributed by atoms with E-state index in [2.05, 4.69) is 15.3 Å². The molecule has 1 unspecified atom stereocenters. The van der Waals surface area contributed by atoms with Crippen LogP contribution in [0.4, 0.5) is 5.82 Å². The molecular formula is C12H20N4O4. The van der Waals surface area contributed by atoms with E-state index in [4.69, 9.17) is 5.11 Å². The van der Waals surface area contributed by atoms with Gasteiger partial charge in [-0.15, -0.1) is 0 Å². The molecule has 0 aliphatic rings. The molecular weight excluding hydrogens is 264 g/mol. The molecule has 1 heterocycles. The summed E-state index contributed by atoms with van der Waals surface area (Å²) in [6.45, 7) is 1.75. The van der Waals surface area contributed by atoms with Crippen LogP contribution >= 0.6 is 0 Å². The standard InChI is InChI=1S/C11H16N4O3.CH4O/c1-7(5-16)4-8-13-9(11(18)15(2)3)10(14-8)12-6-17;1-2/h5-7H,4H2,1-3H3,(H,12,17)(H,13,14);2H,1H3. The average Bonchev–Trinajstić information content (AvgIpc) is 2.83. The van der Waals surface area contributed by atoms with E-state index in [0.717, 1.165) is 13.4 Å². The first-order chi connectivity index (χ1) is 9.49. The van der Waals surface area contributed by atoms with Gasteiger partial charge in [0.1, 0.15) is 17.8 Å². The lowest BCUT2D eigenvalue weighted by Crippen LogP contribution is -2.23. The molecule has 0 radical (unpaired) electrons. The number of carbonyl (C=O) groups excluding carboxylic acids is 3. The van der Waals surface area contributed by atoms with Gasteiger partial charge in [-0.25, -0.2) is 4.98 Å². The largest absolute Gasteiger partial charge is 0.400 e. The minimum absolute atomic E-state index is 0.178. The van der Waals surface area contributed by atoms with Gasteiger partial charge in [-0.1, -0.05) is 6.92 Å². The highest BCUT2D eigenvalue weighted by Gasteiger charge is 2.19. The summed E-state index contributed by atoms with van der Waals surface area (Å²) in [7, 11) is 4.20. The number of aldehydes is 1. The van der Waals surface area contributed by atoms with Crippen molar-refractivity contribution in [2.24, 2.45) is 5.92 Å². The molecule has 112 valence electrons. The van der Waals surface area contributed by atoms with Crippen molar-refractivity contribution in [3.8, 4) is 0 Å². The molecule has 0 spiro atoms. The smallest absolute Gasteiger partial charge is 0.273 e. The van der Waals surface area contributed by atoms with Crippen molar-refractivity contribution in [1.29, 1.82) is 0 Å². The van der Waals surface area contributed by atoms with Crippen LogP contribution in [0.1, 0.15) is 23.2 Å². The normalized spacial score (nSPS) is 10.8. The molecule has 0 aliphatic heterocycles. The molecule has 0 bridgehead atoms. The highest BCUT2D eigenvalue weighted by atomic mass is 16.2. The number of aromatic nitrogens is 2. The van der Waals surface area contributed by atoms with Gasteiger partial charge in [0.05, 0.1) is 0 Å². The van der Waals surface area contributed by atoms with E-state index >= 15 is 0 Å². The molecule has 0 fully saturated rings. The number of aliphatic hydroxyl groups excluding tert-OH is 1. The number of amides is 2. The Labute approximate surface area is 117 Å². The number of aromatic amines is 1. The number of H-pyrrole nitrogens is 1. The van der Waals surface area contributed by atoms with Crippen molar-refractivity contribution in [3.05, 3.63) is 11.5 Å². The highest BCUT2D eigenvalue weighted by molar-refractivity contribution is 5.98. The quantitative estimate of drug-likeness (QED) is 0.618. The van der Waals surface area contributed by atoms with Crippen LogP contribution in [-0.4, -0.2) is 59.8 Å². The van der Waals surface area contributed by atoms with Crippen LogP contribution in [0.5, 0.6) is 0 Å². The minimum atomic E-state index is -0.295. The number of nitrogens with one attached hydrogen (secondary N) is 2. The Morgan fingerprint density at radius 1 is 1.45 bits per heavy atom. The predicted molar refractivity (Wildman–Crippen MR) is 73.4 cm³/mol. The van der Waals surface area contributed by atoms with E-state index in [1.54, 1.807) is 21.0 Å². The summed E-state index contributed by atoms with van der Waals surface area (Å²) in [6, 6.07) is 0. The lowest BCUT2D eigenvalue weighted by atomic mass is 10.1. The second-order valence-corrected chi connectivity index (χ2v) is 4.19. The maximum atomic E-state index is 11.8. The third-order valence-corrected chi connectivity index (χ3v) is 2.32. The first-order valence-corrected chi connectivity index (χ1v) is 5.90. The predicted octanol–water partition coefficient (Wildman–Crippen LogP) is -0.334. The number of carbonyl (C=O) groups is 3. The number of hydrogen-bond acceptors (Lipinski definition) is 5. The maximum absolute atomic E-state index is 11.8. The lowest BCUT2D eigenvalue weighted by molar-refractivity contribution is -0.110. The van der Waals surface area contributed by atoms with Gasteiger partial charge in [0, 0.05) is 33.5 Å². The van der Waals surface area contributed by atoms with Crippen LogP contribution in [0, 0.1) is 5.92 Å². The number of nitrogens with zero attached hydrogens (tertiary/aromatic N) is 2. The Kier molecular flexibility index (Phi) is 7.83.